The van der Waals surface area contributed by atoms with E-state index >= 15 is 0 Å². The number of carbonyl (C=O) groups excluding carboxylic acids is 1. The molecule has 0 aliphatic carbocycles. The minimum absolute atomic E-state index is 0.0426. The average Bonchev–Trinajstić information content (AvgIpc) is 2.27. The first-order valence-corrected chi connectivity index (χ1v) is 8.05. The molecule has 0 amide bonds. The molecule has 0 unspecified atom stereocenters. The summed E-state index contributed by atoms with van der Waals surface area (Å²) in [5, 5.41) is 0. The van der Waals surface area contributed by atoms with Gasteiger partial charge >= 0.3 is 8.80 Å². The summed E-state index contributed by atoms with van der Waals surface area (Å²) in [7, 11) is -2.67. The zero-order valence-corrected chi connectivity index (χ0v) is 12.4. The summed E-state index contributed by atoms with van der Waals surface area (Å²) < 4.78 is 17.0. The van der Waals surface area contributed by atoms with Gasteiger partial charge < -0.3 is 13.3 Å². The highest BCUT2D eigenvalue weighted by molar-refractivity contribution is 6.61. The molecule has 4 nitrogen and oxygen atoms in total. The van der Waals surface area contributed by atoms with Crippen LogP contribution in [-0.2, 0) is 18.1 Å². The lowest BCUT2D eigenvalue weighted by Gasteiger charge is -2.28. The van der Waals surface area contributed by atoms with Gasteiger partial charge in [-0.25, -0.2) is 0 Å². The zero-order chi connectivity index (χ0) is 13.3. The largest absolute Gasteiger partial charge is 0.501 e. The summed E-state index contributed by atoms with van der Waals surface area (Å²) in [4.78, 5) is 11.6. The molecule has 0 saturated heterocycles. The SMILES string of the molecule is C=C(C)C(=O)CC[Si](OCC)(OCC)OCC. The van der Waals surface area contributed by atoms with E-state index < -0.39 is 8.80 Å². The van der Waals surface area contributed by atoms with Gasteiger partial charge in [0.05, 0.1) is 0 Å². The molecule has 100 valence electrons. The molecule has 0 aliphatic rings. The summed E-state index contributed by atoms with van der Waals surface area (Å²) >= 11 is 0. The zero-order valence-electron chi connectivity index (χ0n) is 11.4. The van der Waals surface area contributed by atoms with Crippen LogP contribution < -0.4 is 0 Å². The number of hydrogen-bond donors (Lipinski definition) is 0. The van der Waals surface area contributed by atoms with Crippen molar-refractivity contribution in [3.8, 4) is 0 Å². The highest BCUT2D eigenvalue weighted by Gasteiger charge is 2.40. The molecule has 0 N–H and O–H groups in total. The molecule has 0 heterocycles. The molecule has 0 aromatic rings. The quantitative estimate of drug-likeness (QED) is 0.447. The van der Waals surface area contributed by atoms with Crippen LogP contribution in [0.1, 0.15) is 34.1 Å². The fourth-order valence-corrected chi connectivity index (χ4v) is 4.02. The van der Waals surface area contributed by atoms with E-state index in [1.807, 2.05) is 20.8 Å². The maximum atomic E-state index is 11.6. The highest BCUT2D eigenvalue weighted by atomic mass is 28.4. The van der Waals surface area contributed by atoms with Gasteiger partial charge in [0.2, 0.25) is 0 Å². The van der Waals surface area contributed by atoms with Crippen molar-refractivity contribution < 1.29 is 18.1 Å². The summed E-state index contributed by atoms with van der Waals surface area (Å²) in [5.74, 6) is 0.0426. The lowest BCUT2D eigenvalue weighted by atomic mass is 10.2. The Hall–Kier alpha value is -0.493. The Morgan fingerprint density at radius 2 is 1.47 bits per heavy atom. The molecule has 5 heteroatoms. The van der Waals surface area contributed by atoms with E-state index in [2.05, 4.69) is 6.58 Å². The van der Waals surface area contributed by atoms with Crippen molar-refractivity contribution in [1.82, 2.24) is 0 Å². The van der Waals surface area contributed by atoms with Gasteiger partial charge in [0, 0.05) is 32.3 Å². The standard InChI is InChI=1S/C12H24O4Si/c1-6-14-17(15-7-2,16-8-3)10-9-12(13)11(4)5/h4,6-10H2,1-3,5H3. The number of carbonyl (C=O) groups is 1. The fourth-order valence-electron chi connectivity index (χ4n) is 1.48. The minimum atomic E-state index is -2.67. The van der Waals surface area contributed by atoms with Gasteiger partial charge in [0.1, 0.15) is 0 Å². The van der Waals surface area contributed by atoms with Crippen molar-refractivity contribution in [3.63, 3.8) is 0 Å². The molecule has 17 heavy (non-hydrogen) atoms. The van der Waals surface area contributed by atoms with E-state index in [0.717, 1.165) is 0 Å². The first-order chi connectivity index (χ1) is 8.01. The van der Waals surface area contributed by atoms with E-state index in [4.69, 9.17) is 13.3 Å². The van der Waals surface area contributed by atoms with Crippen molar-refractivity contribution >= 4 is 14.6 Å². The van der Waals surface area contributed by atoms with Crippen LogP contribution in [0, 0.1) is 0 Å². The number of hydrogen-bond acceptors (Lipinski definition) is 4. The predicted octanol–water partition coefficient (Wildman–Crippen LogP) is 2.57. The van der Waals surface area contributed by atoms with Gasteiger partial charge in [0.25, 0.3) is 0 Å². The van der Waals surface area contributed by atoms with Crippen LogP contribution in [0.4, 0.5) is 0 Å². The highest BCUT2D eigenvalue weighted by Crippen LogP contribution is 2.19. The van der Waals surface area contributed by atoms with Gasteiger partial charge in [-0.3, -0.25) is 4.79 Å². The number of allylic oxidation sites excluding steroid dienone is 1. The third kappa shape index (κ3) is 6.12. The Bertz CT molecular complexity index is 236. The molecule has 0 rings (SSSR count). The Morgan fingerprint density at radius 3 is 1.76 bits per heavy atom. The van der Waals surface area contributed by atoms with Crippen LogP contribution in [0.2, 0.25) is 6.04 Å². The second-order valence-corrected chi connectivity index (χ2v) is 6.42. The number of rotatable bonds is 10. The van der Waals surface area contributed by atoms with Gasteiger partial charge in [-0.05, 0) is 33.3 Å². The first kappa shape index (κ1) is 16.5. The summed E-state index contributed by atoms with van der Waals surface area (Å²) in [5.41, 5.74) is 0.567. The molecular weight excluding hydrogens is 236 g/mol. The van der Waals surface area contributed by atoms with Gasteiger partial charge in [0.15, 0.2) is 5.78 Å². The van der Waals surface area contributed by atoms with Crippen LogP contribution >= 0.6 is 0 Å². The second-order valence-electron chi connectivity index (χ2n) is 3.69. The third-order valence-electron chi connectivity index (χ3n) is 2.23. The lowest BCUT2D eigenvalue weighted by molar-refractivity contribution is -0.115. The van der Waals surface area contributed by atoms with E-state index in [1.165, 1.54) is 0 Å². The van der Waals surface area contributed by atoms with Gasteiger partial charge in [-0.2, -0.15) is 0 Å². The van der Waals surface area contributed by atoms with Crippen LogP contribution in [0.5, 0.6) is 0 Å². The van der Waals surface area contributed by atoms with Crippen molar-refractivity contribution in [2.45, 2.75) is 40.2 Å². The molecule has 0 atom stereocenters. The number of ketones is 1. The van der Waals surface area contributed by atoms with Gasteiger partial charge in [-0.1, -0.05) is 6.58 Å². The molecule has 0 saturated carbocycles. The Balaban J connectivity index is 4.53. The van der Waals surface area contributed by atoms with Crippen molar-refractivity contribution in [1.29, 1.82) is 0 Å². The van der Waals surface area contributed by atoms with Crippen molar-refractivity contribution in [3.05, 3.63) is 12.2 Å². The normalized spacial score (nSPS) is 11.5. The Labute approximate surface area is 105 Å². The summed E-state index contributed by atoms with van der Waals surface area (Å²) in [6.07, 6.45) is 0.377. The monoisotopic (exact) mass is 260 g/mol. The lowest BCUT2D eigenvalue weighted by Crippen LogP contribution is -2.46. The molecule has 0 radical (unpaired) electrons. The molecule has 0 fully saturated rings. The van der Waals surface area contributed by atoms with E-state index in [1.54, 1.807) is 6.92 Å². The summed E-state index contributed by atoms with van der Waals surface area (Å²) in [6.45, 7) is 12.7. The average molecular weight is 260 g/mol. The van der Waals surface area contributed by atoms with E-state index in [0.29, 0.717) is 37.9 Å². The van der Waals surface area contributed by atoms with Gasteiger partial charge in [-0.15, -0.1) is 0 Å². The maximum absolute atomic E-state index is 11.6. The molecule has 0 aromatic heterocycles. The van der Waals surface area contributed by atoms with Crippen molar-refractivity contribution in [2.24, 2.45) is 0 Å². The first-order valence-electron chi connectivity index (χ1n) is 6.11. The van der Waals surface area contributed by atoms with E-state index in [9.17, 15) is 4.79 Å². The Morgan fingerprint density at radius 1 is 1.06 bits per heavy atom. The Kier molecular flexibility index (Phi) is 8.33. The smallest absolute Gasteiger partial charge is 0.374 e. The summed E-state index contributed by atoms with van der Waals surface area (Å²) in [6, 6.07) is 0.522. The molecule has 0 spiro atoms. The van der Waals surface area contributed by atoms with Crippen LogP contribution in [-0.4, -0.2) is 34.4 Å². The third-order valence-corrected chi connectivity index (χ3v) is 5.27. The molecule has 0 bridgehead atoms. The maximum Gasteiger partial charge on any atom is 0.501 e. The van der Waals surface area contributed by atoms with Crippen molar-refractivity contribution in [2.75, 3.05) is 19.8 Å². The fraction of sp³-hybridized carbons (Fsp3) is 0.750. The second kappa shape index (κ2) is 8.58. The topological polar surface area (TPSA) is 44.8 Å². The van der Waals surface area contributed by atoms with Crippen LogP contribution in [0.25, 0.3) is 0 Å². The molecule has 0 aliphatic heterocycles. The predicted molar refractivity (Wildman–Crippen MR) is 69.9 cm³/mol. The molecular formula is C12H24O4Si. The van der Waals surface area contributed by atoms with Crippen LogP contribution in [0.3, 0.4) is 0 Å². The molecule has 0 aromatic carbocycles. The van der Waals surface area contributed by atoms with E-state index in [-0.39, 0.29) is 5.78 Å². The number of Topliss-reactive ketones (excluding diaryl/α,β-unsaturated/α-hetero) is 1. The minimum Gasteiger partial charge on any atom is -0.374 e. The van der Waals surface area contributed by atoms with Crippen LogP contribution in [0.15, 0.2) is 12.2 Å².